The molecule has 116 valence electrons. The van der Waals surface area contributed by atoms with Crippen molar-refractivity contribution in [1.82, 2.24) is 10.2 Å². The maximum Gasteiger partial charge on any atom is 0.334 e. The summed E-state index contributed by atoms with van der Waals surface area (Å²) in [6.07, 6.45) is -1.07. The minimum atomic E-state index is -1.13. The zero-order valence-corrected chi connectivity index (χ0v) is 12.9. The molecule has 7 heteroatoms. The van der Waals surface area contributed by atoms with Crippen LogP contribution in [0.5, 0.6) is 0 Å². The van der Waals surface area contributed by atoms with Crippen molar-refractivity contribution in [2.45, 2.75) is 19.1 Å². The first kappa shape index (κ1) is 17.3. The third kappa shape index (κ3) is 4.61. The third-order valence-electron chi connectivity index (χ3n) is 3.26. The lowest BCUT2D eigenvalue weighted by atomic mass is 10.1. The second kappa shape index (κ2) is 7.85. The number of benzene rings is 1. The Bertz CT molecular complexity index is 510. The van der Waals surface area contributed by atoms with Crippen molar-refractivity contribution in [3.05, 3.63) is 34.9 Å². The molecule has 0 fully saturated rings. The molecule has 2 amide bonds. The monoisotopic (exact) mass is 314 g/mol. The van der Waals surface area contributed by atoms with E-state index in [9.17, 15) is 9.59 Å². The van der Waals surface area contributed by atoms with Crippen molar-refractivity contribution in [3.63, 3.8) is 0 Å². The van der Waals surface area contributed by atoms with Gasteiger partial charge < -0.3 is 20.1 Å². The maximum atomic E-state index is 12.0. The van der Waals surface area contributed by atoms with Gasteiger partial charge in [-0.2, -0.15) is 0 Å². The minimum absolute atomic E-state index is 0.107. The first-order valence-electron chi connectivity index (χ1n) is 6.39. The highest BCUT2D eigenvalue weighted by molar-refractivity contribution is 6.31. The number of hydrogen-bond donors (Lipinski definition) is 2. The molecule has 0 aliphatic carbocycles. The van der Waals surface area contributed by atoms with Crippen molar-refractivity contribution in [2.24, 2.45) is 0 Å². The number of rotatable bonds is 6. The number of urea groups is 1. The van der Waals surface area contributed by atoms with Crippen LogP contribution in [-0.2, 0) is 9.53 Å². The quantitative estimate of drug-likeness (QED) is 0.843. The van der Waals surface area contributed by atoms with E-state index in [1.807, 2.05) is 25.1 Å². The molecule has 0 saturated carbocycles. The molecule has 1 aromatic carbocycles. The average molecular weight is 315 g/mol. The standard InChI is InChI=1S/C14H19ClN2O4/c1-9(10-6-4-5-7-11(10)15)17(2)14(20)16-8-12(21-3)13(18)19/h4-7,9,12H,8H2,1-3H3,(H,16,20)(H,18,19). The summed E-state index contributed by atoms with van der Waals surface area (Å²) in [5.41, 5.74) is 0.818. The lowest BCUT2D eigenvalue weighted by Crippen LogP contribution is -2.44. The minimum Gasteiger partial charge on any atom is -0.479 e. The molecule has 0 aliphatic rings. The normalized spacial score (nSPS) is 13.3. The van der Waals surface area contributed by atoms with Gasteiger partial charge in [-0.15, -0.1) is 0 Å². The van der Waals surface area contributed by atoms with Gasteiger partial charge in [0.2, 0.25) is 0 Å². The summed E-state index contributed by atoms with van der Waals surface area (Å²) < 4.78 is 4.75. The molecule has 1 rings (SSSR count). The van der Waals surface area contributed by atoms with E-state index in [0.29, 0.717) is 5.02 Å². The van der Waals surface area contributed by atoms with Crippen molar-refractivity contribution < 1.29 is 19.4 Å². The molecule has 2 N–H and O–H groups in total. The Morgan fingerprint density at radius 3 is 2.57 bits per heavy atom. The first-order valence-corrected chi connectivity index (χ1v) is 6.77. The summed E-state index contributed by atoms with van der Waals surface area (Å²) in [6, 6.07) is 6.61. The van der Waals surface area contributed by atoms with E-state index in [2.05, 4.69) is 5.32 Å². The Balaban J connectivity index is 2.66. The van der Waals surface area contributed by atoms with Crippen LogP contribution in [0, 0.1) is 0 Å². The number of carboxylic acid groups (broad SMARTS) is 1. The molecule has 1 aromatic rings. The largest absolute Gasteiger partial charge is 0.479 e. The SMILES string of the molecule is COC(CNC(=O)N(C)C(C)c1ccccc1Cl)C(=O)O. The van der Waals surface area contributed by atoms with E-state index in [1.165, 1.54) is 12.0 Å². The zero-order valence-electron chi connectivity index (χ0n) is 12.2. The molecule has 21 heavy (non-hydrogen) atoms. The number of carboxylic acids is 1. The predicted octanol–water partition coefficient (Wildman–Crippen LogP) is 2.14. The van der Waals surface area contributed by atoms with Gasteiger partial charge in [0.25, 0.3) is 0 Å². The Kier molecular flexibility index (Phi) is 6.45. The van der Waals surface area contributed by atoms with Gasteiger partial charge in [-0.05, 0) is 18.6 Å². The van der Waals surface area contributed by atoms with Crippen molar-refractivity contribution in [2.75, 3.05) is 20.7 Å². The van der Waals surface area contributed by atoms with E-state index in [0.717, 1.165) is 5.56 Å². The molecule has 0 saturated heterocycles. The van der Waals surface area contributed by atoms with Crippen molar-refractivity contribution in [1.29, 1.82) is 0 Å². The lowest BCUT2D eigenvalue weighted by molar-refractivity contribution is -0.148. The molecule has 0 aliphatic heterocycles. The molecule has 2 atom stereocenters. The Morgan fingerprint density at radius 1 is 1.43 bits per heavy atom. The van der Waals surface area contributed by atoms with Crippen LogP contribution in [-0.4, -0.2) is 48.8 Å². The predicted molar refractivity (Wildman–Crippen MR) is 79.5 cm³/mol. The molecule has 0 spiro atoms. The van der Waals surface area contributed by atoms with Crippen LogP contribution in [0.2, 0.25) is 5.02 Å². The maximum absolute atomic E-state index is 12.0. The summed E-state index contributed by atoms with van der Waals surface area (Å²) in [5, 5.41) is 11.9. The fourth-order valence-electron chi connectivity index (χ4n) is 1.77. The smallest absolute Gasteiger partial charge is 0.334 e. The average Bonchev–Trinajstić information content (AvgIpc) is 2.46. The van der Waals surface area contributed by atoms with Crippen LogP contribution in [0.1, 0.15) is 18.5 Å². The van der Waals surface area contributed by atoms with Gasteiger partial charge in [-0.1, -0.05) is 29.8 Å². The molecule has 2 unspecified atom stereocenters. The number of hydrogen-bond acceptors (Lipinski definition) is 3. The number of carbonyl (C=O) groups is 2. The Hall–Kier alpha value is -1.79. The van der Waals surface area contributed by atoms with Crippen LogP contribution in [0.4, 0.5) is 4.79 Å². The number of ether oxygens (including phenoxy) is 1. The Labute approximate surface area is 128 Å². The molecule has 6 nitrogen and oxygen atoms in total. The summed E-state index contributed by atoms with van der Waals surface area (Å²) >= 11 is 6.10. The number of nitrogens with one attached hydrogen (secondary N) is 1. The number of nitrogens with zero attached hydrogens (tertiary/aromatic N) is 1. The summed E-state index contributed by atoms with van der Waals surface area (Å²) in [7, 11) is 2.90. The second-order valence-corrected chi connectivity index (χ2v) is 4.96. The highest BCUT2D eigenvalue weighted by Gasteiger charge is 2.22. The third-order valence-corrected chi connectivity index (χ3v) is 3.60. The van der Waals surface area contributed by atoms with Crippen LogP contribution >= 0.6 is 11.6 Å². The molecule has 0 aromatic heterocycles. The van der Waals surface area contributed by atoms with Gasteiger partial charge >= 0.3 is 12.0 Å². The number of carbonyl (C=O) groups excluding carboxylic acids is 1. The highest BCUT2D eigenvalue weighted by Crippen LogP contribution is 2.25. The van der Waals surface area contributed by atoms with E-state index < -0.39 is 18.1 Å². The second-order valence-electron chi connectivity index (χ2n) is 4.56. The Morgan fingerprint density at radius 2 is 2.05 bits per heavy atom. The van der Waals surface area contributed by atoms with Crippen molar-refractivity contribution in [3.8, 4) is 0 Å². The summed E-state index contributed by atoms with van der Waals surface area (Å²) in [5.74, 6) is -1.13. The zero-order chi connectivity index (χ0) is 16.0. The van der Waals surface area contributed by atoms with Gasteiger partial charge in [-0.3, -0.25) is 0 Å². The van der Waals surface area contributed by atoms with Crippen LogP contribution in [0.3, 0.4) is 0 Å². The highest BCUT2D eigenvalue weighted by atomic mass is 35.5. The van der Waals surface area contributed by atoms with Gasteiger partial charge in [0, 0.05) is 19.2 Å². The summed E-state index contributed by atoms with van der Waals surface area (Å²) in [6.45, 7) is 1.73. The van der Waals surface area contributed by atoms with E-state index in [4.69, 9.17) is 21.4 Å². The van der Waals surface area contributed by atoms with Crippen LogP contribution < -0.4 is 5.32 Å². The van der Waals surface area contributed by atoms with Gasteiger partial charge in [0.1, 0.15) is 0 Å². The van der Waals surface area contributed by atoms with Gasteiger partial charge in [0.05, 0.1) is 12.6 Å². The van der Waals surface area contributed by atoms with Crippen LogP contribution in [0.15, 0.2) is 24.3 Å². The van der Waals surface area contributed by atoms with E-state index >= 15 is 0 Å². The number of aliphatic carboxylic acids is 1. The number of methoxy groups -OCH3 is 1. The molecular weight excluding hydrogens is 296 g/mol. The van der Waals surface area contributed by atoms with E-state index in [1.54, 1.807) is 13.1 Å². The molecular formula is C14H19ClN2O4. The molecule has 0 bridgehead atoms. The first-order chi connectivity index (χ1) is 9.88. The topological polar surface area (TPSA) is 78.9 Å². The van der Waals surface area contributed by atoms with Gasteiger partial charge in [0.15, 0.2) is 6.10 Å². The van der Waals surface area contributed by atoms with E-state index in [-0.39, 0.29) is 12.6 Å². The fourth-order valence-corrected chi connectivity index (χ4v) is 2.07. The van der Waals surface area contributed by atoms with Crippen molar-refractivity contribution >= 4 is 23.6 Å². The lowest BCUT2D eigenvalue weighted by Gasteiger charge is -2.26. The van der Waals surface area contributed by atoms with Crippen LogP contribution in [0.25, 0.3) is 0 Å². The van der Waals surface area contributed by atoms with Gasteiger partial charge in [-0.25, -0.2) is 9.59 Å². The summed E-state index contributed by atoms with van der Waals surface area (Å²) in [4.78, 5) is 24.3. The number of halogens is 1. The molecule has 0 heterocycles. The fraction of sp³-hybridized carbons (Fsp3) is 0.429. The number of amides is 2. The molecule has 0 radical (unpaired) electrons.